The number of benzene rings is 1. The molecule has 0 aromatic heterocycles. The highest BCUT2D eigenvalue weighted by molar-refractivity contribution is 5.83. The fourth-order valence-corrected chi connectivity index (χ4v) is 2.11. The predicted octanol–water partition coefficient (Wildman–Crippen LogP) is 1.44. The minimum Gasteiger partial charge on any atom is -0.481 e. The number of ether oxygens (including phenoxy) is 1. The Morgan fingerprint density at radius 3 is 2.70 bits per heavy atom. The predicted molar refractivity (Wildman–Crippen MR) is 73.8 cm³/mol. The molecule has 2 N–H and O–H groups in total. The summed E-state index contributed by atoms with van der Waals surface area (Å²) in [4.78, 5) is 22.7. The van der Waals surface area contributed by atoms with Gasteiger partial charge in [-0.25, -0.2) is 0 Å². The summed E-state index contributed by atoms with van der Waals surface area (Å²) >= 11 is 0. The summed E-state index contributed by atoms with van der Waals surface area (Å²) in [5.41, 5.74) is 3.33. The summed E-state index contributed by atoms with van der Waals surface area (Å²) in [5.74, 6) is -1.04. The number of aliphatic carboxylic acids is 1. The van der Waals surface area contributed by atoms with Crippen LogP contribution in [0.4, 0.5) is 0 Å². The largest absolute Gasteiger partial charge is 0.481 e. The Kier molecular flexibility index (Phi) is 3.97. The molecule has 0 aliphatic carbocycles. The molecule has 0 fully saturated rings. The molecule has 5 nitrogen and oxygen atoms in total. The van der Waals surface area contributed by atoms with Gasteiger partial charge in [-0.2, -0.15) is 0 Å². The van der Waals surface area contributed by atoms with E-state index in [2.05, 4.69) is 5.32 Å². The molecule has 1 amide bonds. The SMILES string of the molecule is Cc1cc2c(cc1C)O[C@H](C(=O)NC[C@@H](C)C(=O)O)C2. The van der Waals surface area contributed by atoms with Crippen molar-refractivity contribution >= 4 is 11.9 Å². The zero-order valence-corrected chi connectivity index (χ0v) is 11.9. The van der Waals surface area contributed by atoms with Crippen LogP contribution >= 0.6 is 0 Å². The molecule has 1 aromatic rings. The smallest absolute Gasteiger partial charge is 0.308 e. The van der Waals surface area contributed by atoms with Crippen LogP contribution in [0.2, 0.25) is 0 Å². The maximum Gasteiger partial charge on any atom is 0.308 e. The van der Waals surface area contributed by atoms with Gasteiger partial charge in [0, 0.05) is 13.0 Å². The van der Waals surface area contributed by atoms with Crippen molar-refractivity contribution in [3.63, 3.8) is 0 Å². The molecule has 5 heteroatoms. The molecule has 1 heterocycles. The third-order valence-electron chi connectivity index (χ3n) is 3.65. The summed E-state index contributed by atoms with van der Waals surface area (Å²) in [6, 6.07) is 3.98. The lowest BCUT2D eigenvalue weighted by atomic mass is 10.0. The van der Waals surface area contributed by atoms with Crippen molar-refractivity contribution in [2.45, 2.75) is 33.3 Å². The second-order valence-electron chi connectivity index (χ2n) is 5.34. The van der Waals surface area contributed by atoms with E-state index in [1.165, 1.54) is 5.56 Å². The van der Waals surface area contributed by atoms with Crippen molar-refractivity contribution < 1.29 is 19.4 Å². The van der Waals surface area contributed by atoms with Crippen LogP contribution in [0.5, 0.6) is 5.75 Å². The number of rotatable bonds is 4. The van der Waals surface area contributed by atoms with Crippen LogP contribution in [0.15, 0.2) is 12.1 Å². The Hall–Kier alpha value is -2.04. The highest BCUT2D eigenvalue weighted by atomic mass is 16.5. The van der Waals surface area contributed by atoms with Crippen molar-refractivity contribution in [2.24, 2.45) is 5.92 Å². The highest BCUT2D eigenvalue weighted by Gasteiger charge is 2.29. The van der Waals surface area contributed by atoms with E-state index in [1.54, 1.807) is 6.92 Å². The third kappa shape index (κ3) is 2.92. The molecule has 1 aliphatic heterocycles. The van der Waals surface area contributed by atoms with Crippen molar-refractivity contribution in [3.8, 4) is 5.75 Å². The van der Waals surface area contributed by atoms with Crippen molar-refractivity contribution in [1.82, 2.24) is 5.32 Å². The van der Waals surface area contributed by atoms with E-state index in [4.69, 9.17) is 9.84 Å². The topological polar surface area (TPSA) is 75.6 Å². The first kappa shape index (κ1) is 14.4. The summed E-state index contributed by atoms with van der Waals surface area (Å²) in [6.07, 6.45) is -0.0313. The van der Waals surface area contributed by atoms with Crippen LogP contribution in [0.3, 0.4) is 0 Å². The first-order valence-corrected chi connectivity index (χ1v) is 6.65. The van der Waals surface area contributed by atoms with E-state index < -0.39 is 18.0 Å². The van der Waals surface area contributed by atoms with Gasteiger partial charge >= 0.3 is 5.97 Å². The minimum absolute atomic E-state index is 0.114. The maximum atomic E-state index is 12.0. The number of aryl methyl sites for hydroxylation is 2. The van der Waals surface area contributed by atoms with Crippen molar-refractivity contribution in [3.05, 3.63) is 28.8 Å². The van der Waals surface area contributed by atoms with E-state index in [1.807, 2.05) is 26.0 Å². The third-order valence-corrected chi connectivity index (χ3v) is 3.65. The molecule has 0 bridgehead atoms. The average Bonchev–Trinajstić information content (AvgIpc) is 2.78. The molecule has 0 radical (unpaired) electrons. The maximum absolute atomic E-state index is 12.0. The summed E-state index contributed by atoms with van der Waals surface area (Å²) in [5, 5.41) is 11.4. The van der Waals surface area contributed by atoms with Gasteiger partial charge in [0.25, 0.3) is 5.91 Å². The number of fused-ring (bicyclic) bond motifs is 1. The van der Waals surface area contributed by atoms with Gasteiger partial charge in [0.2, 0.25) is 0 Å². The zero-order chi connectivity index (χ0) is 14.9. The second-order valence-corrected chi connectivity index (χ2v) is 5.34. The minimum atomic E-state index is -0.924. The number of nitrogens with one attached hydrogen (secondary N) is 1. The molecule has 20 heavy (non-hydrogen) atoms. The van der Waals surface area contributed by atoms with Crippen LogP contribution in [0, 0.1) is 19.8 Å². The Morgan fingerprint density at radius 1 is 1.40 bits per heavy atom. The van der Waals surface area contributed by atoms with E-state index in [9.17, 15) is 9.59 Å². The van der Waals surface area contributed by atoms with Crippen LogP contribution in [-0.4, -0.2) is 29.6 Å². The molecule has 1 aromatic carbocycles. The first-order chi connectivity index (χ1) is 9.38. The molecular formula is C15H19NO4. The first-order valence-electron chi connectivity index (χ1n) is 6.65. The van der Waals surface area contributed by atoms with E-state index in [0.29, 0.717) is 6.42 Å². The van der Waals surface area contributed by atoms with Gasteiger partial charge in [0.05, 0.1) is 5.92 Å². The van der Waals surface area contributed by atoms with Crippen LogP contribution in [-0.2, 0) is 16.0 Å². The molecule has 0 unspecified atom stereocenters. The number of carboxylic acid groups (broad SMARTS) is 1. The molecule has 108 valence electrons. The Morgan fingerprint density at radius 2 is 2.05 bits per heavy atom. The van der Waals surface area contributed by atoms with Crippen molar-refractivity contribution in [1.29, 1.82) is 0 Å². The summed E-state index contributed by atoms with van der Waals surface area (Å²) < 4.78 is 5.64. The Balaban J connectivity index is 1.97. The highest BCUT2D eigenvalue weighted by Crippen LogP contribution is 2.31. The average molecular weight is 277 g/mol. The van der Waals surface area contributed by atoms with Gasteiger partial charge in [-0.1, -0.05) is 13.0 Å². The quantitative estimate of drug-likeness (QED) is 0.873. The summed E-state index contributed by atoms with van der Waals surface area (Å²) in [7, 11) is 0. The number of hydrogen-bond acceptors (Lipinski definition) is 3. The van der Waals surface area contributed by atoms with Gasteiger partial charge in [-0.3, -0.25) is 9.59 Å². The van der Waals surface area contributed by atoms with Gasteiger partial charge in [0.1, 0.15) is 5.75 Å². The van der Waals surface area contributed by atoms with E-state index in [-0.39, 0.29) is 12.5 Å². The van der Waals surface area contributed by atoms with Crippen LogP contribution < -0.4 is 10.1 Å². The van der Waals surface area contributed by atoms with Gasteiger partial charge in [0.15, 0.2) is 6.10 Å². The zero-order valence-electron chi connectivity index (χ0n) is 11.9. The normalized spacial score (nSPS) is 18.1. The molecule has 0 saturated heterocycles. The lowest BCUT2D eigenvalue weighted by Crippen LogP contribution is -2.40. The lowest BCUT2D eigenvalue weighted by Gasteiger charge is -2.13. The van der Waals surface area contributed by atoms with E-state index in [0.717, 1.165) is 16.9 Å². The van der Waals surface area contributed by atoms with Gasteiger partial charge in [-0.15, -0.1) is 0 Å². The monoisotopic (exact) mass is 277 g/mol. The van der Waals surface area contributed by atoms with Gasteiger partial charge < -0.3 is 15.2 Å². The second kappa shape index (κ2) is 5.53. The summed E-state index contributed by atoms with van der Waals surface area (Å²) in [6.45, 7) is 5.69. The number of carbonyl (C=O) groups is 2. The van der Waals surface area contributed by atoms with Gasteiger partial charge in [-0.05, 0) is 36.6 Å². The molecule has 0 saturated carbocycles. The van der Waals surface area contributed by atoms with E-state index >= 15 is 0 Å². The van der Waals surface area contributed by atoms with Crippen LogP contribution in [0.25, 0.3) is 0 Å². The Labute approximate surface area is 117 Å². The molecule has 2 rings (SSSR count). The van der Waals surface area contributed by atoms with Crippen molar-refractivity contribution in [2.75, 3.05) is 6.54 Å². The molecular weight excluding hydrogens is 258 g/mol. The number of carboxylic acids is 1. The fraction of sp³-hybridized carbons (Fsp3) is 0.467. The number of carbonyl (C=O) groups excluding carboxylic acids is 1. The molecule has 2 atom stereocenters. The fourth-order valence-electron chi connectivity index (χ4n) is 2.11. The molecule has 0 spiro atoms. The van der Waals surface area contributed by atoms with Crippen LogP contribution in [0.1, 0.15) is 23.6 Å². The standard InChI is InChI=1S/C15H19NO4/c1-8-4-11-6-13(20-12(11)5-9(8)2)14(17)16-7-10(3)15(18)19/h4-5,10,13H,6-7H2,1-3H3,(H,16,17)(H,18,19)/t10-,13+/m1/s1. The molecule has 1 aliphatic rings. The lowest BCUT2D eigenvalue weighted by molar-refractivity contribution is -0.141. The Bertz CT molecular complexity index is 522. The number of amides is 1. The number of hydrogen-bond donors (Lipinski definition) is 2.